The quantitative estimate of drug-likeness (QED) is 0.563. The molecule has 0 amide bonds. The molecule has 120 valence electrons. The number of halogens is 1. The van der Waals surface area contributed by atoms with Crippen LogP contribution in [0.25, 0.3) is 27.4 Å². The molecular formula is C19H15FN2O2. The van der Waals surface area contributed by atoms with E-state index in [4.69, 9.17) is 9.47 Å². The summed E-state index contributed by atoms with van der Waals surface area (Å²) in [5.41, 5.74) is 1.76. The molecular weight excluding hydrogens is 307 g/mol. The maximum absolute atomic E-state index is 13.7. The minimum atomic E-state index is -0.308. The van der Waals surface area contributed by atoms with Gasteiger partial charge in [0.15, 0.2) is 0 Å². The average molecular weight is 322 g/mol. The van der Waals surface area contributed by atoms with Gasteiger partial charge in [-0.2, -0.15) is 0 Å². The van der Waals surface area contributed by atoms with E-state index in [9.17, 15) is 4.39 Å². The fourth-order valence-corrected chi connectivity index (χ4v) is 3.01. The lowest BCUT2D eigenvalue weighted by Gasteiger charge is -2.09. The predicted octanol–water partition coefficient (Wildman–Crippen LogP) is 4.34. The van der Waals surface area contributed by atoms with Crippen LogP contribution in [-0.2, 0) is 0 Å². The molecule has 1 heterocycles. The van der Waals surface area contributed by atoms with Crippen molar-refractivity contribution in [1.82, 2.24) is 9.78 Å². The Labute approximate surface area is 138 Å². The van der Waals surface area contributed by atoms with Crippen molar-refractivity contribution in [2.45, 2.75) is 0 Å². The zero-order valence-electron chi connectivity index (χ0n) is 13.3. The van der Waals surface area contributed by atoms with Crippen molar-refractivity contribution >= 4 is 21.7 Å². The number of methoxy groups -OCH3 is 2. The van der Waals surface area contributed by atoms with Gasteiger partial charge < -0.3 is 9.47 Å². The number of rotatable bonds is 3. The first-order chi connectivity index (χ1) is 11.7. The number of aromatic nitrogens is 2. The van der Waals surface area contributed by atoms with Crippen LogP contribution in [-0.4, -0.2) is 24.0 Å². The van der Waals surface area contributed by atoms with Gasteiger partial charge in [0.05, 0.1) is 30.8 Å². The number of ether oxygens (including phenoxy) is 2. The highest BCUT2D eigenvalue weighted by atomic mass is 19.1. The Morgan fingerprint density at radius 2 is 1.67 bits per heavy atom. The number of fused-ring (bicyclic) bond motifs is 3. The van der Waals surface area contributed by atoms with Gasteiger partial charge in [0.25, 0.3) is 0 Å². The summed E-state index contributed by atoms with van der Waals surface area (Å²) in [5.74, 6) is 0.777. The lowest BCUT2D eigenvalue weighted by Crippen LogP contribution is -1.97. The largest absolute Gasteiger partial charge is 0.496 e. The van der Waals surface area contributed by atoms with Crippen molar-refractivity contribution in [1.29, 1.82) is 0 Å². The molecule has 0 fully saturated rings. The van der Waals surface area contributed by atoms with Gasteiger partial charge in [-0.3, -0.25) is 0 Å². The topological polar surface area (TPSA) is 36.3 Å². The molecule has 0 spiro atoms. The van der Waals surface area contributed by atoms with Crippen LogP contribution in [0.4, 0.5) is 4.39 Å². The Morgan fingerprint density at radius 1 is 0.875 bits per heavy atom. The molecule has 4 nitrogen and oxygen atoms in total. The summed E-state index contributed by atoms with van der Waals surface area (Å²) in [6.07, 6.45) is 0. The monoisotopic (exact) mass is 322 g/mol. The molecule has 0 aliphatic carbocycles. The van der Waals surface area contributed by atoms with Gasteiger partial charge in [-0.05, 0) is 36.4 Å². The fraction of sp³-hybridized carbons (Fsp3) is 0.105. The van der Waals surface area contributed by atoms with Gasteiger partial charge in [0, 0.05) is 10.8 Å². The molecule has 1 aromatic heterocycles. The standard InChI is InChI=1S/C19H15FN2O2/c1-23-17-11-16-18(14-9-8-12(20)10-15(14)17)22(21-19(16)24-2)13-6-4-3-5-7-13/h3-11H,1-2H3. The smallest absolute Gasteiger partial charge is 0.241 e. The predicted molar refractivity (Wildman–Crippen MR) is 91.6 cm³/mol. The molecule has 0 aliphatic rings. The Morgan fingerprint density at radius 3 is 2.38 bits per heavy atom. The molecule has 0 bridgehead atoms. The molecule has 0 unspecified atom stereocenters. The van der Waals surface area contributed by atoms with E-state index >= 15 is 0 Å². The lowest BCUT2D eigenvalue weighted by atomic mass is 10.1. The third-order valence-corrected chi connectivity index (χ3v) is 4.08. The van der Waals surface area contributed by atoms with Crippen molar-refractivity contribution in [2.24, 2.45) is 0 Å². The first kappa shape index (κ1) is 14.5. The van der Waals surface area contributed by atoms with Gasteiger partial charge in [-0.15, -0.1) is 5.10 Å². The first-order valence-corrected chi connectivity index (χ1v) is 7.51. The normalized spacial score (nSPS) is 11.1. The van der Waals surface area contributed by atoms with Crippen LogP contribution in [0.1, 0.15) is 0 Å². The maximum atomic E-state index is 13.7. The molecule has 0 atom stereocenters. The van der Waals surface area contributed by atoms with Crippen LogP contribution in [0.2, 0.25) is 0 Å². The van der Waals surface area contributed by atoms with Crippen LogP contribution < -0.4 is 9.47 Å². The molecule has 0 saturated carbocycles. The maximum Gasteiger partial charge on any atom is 0.241 e. The van der Waals surface area contributed by atoms with Gasteiger partial charge >= 0.3 is 0 Å². The van der Waals surface area contributed by atoms with Gasteiger partial charge in [0.1, 0.15) is 11.6 Å². The van der Waals surface area contributed by atoms with Crippen molar-refractivity contribution in [2.75, 3.05) is 14.2 Å². The third kappa shape index (κ3) is 2.09. The van der Waals surface area contributed by atoms with Crippen LogP contribution in [0, 0.1) is 5.82 Å². The summed E-state index contributed by atoms with van der Waals surface area (Å²) in [6.45, 7) is 0. The molecule has 0 saturated heterocycles. The molecule has 4 rings (SSSR count). The Hall–Kier alpha value is -3.08. The Bertz CT molecular complexity index is 1040. The number of para-hydroxylation sites is 1. The van der Waals surface area contributed by atoms with E-state index < -0.39 is 0 Å². The number of benzene rings is 3. The highest BCUT2D eigenvalue weighted by Gasteiger charge is 2.18. The van der Waals surface area contributed by atoms with Crippen molar-refractivity contribution in [3.8, 4) is 17.3 Å². The second-order valence-corrected chi connectivity index (χ2v) is 5.42. The second kappa shape index (κ2) is 5.53. The summed E-state index contributed by atoms with van der Waals surface area (Å²) in [5, 5.41) is 6.94. The van der Waals surface area contributed by atoms with Crippen molar-refractivity contribution in [3.63, 3.8) is 0 Å². The minimum absolute atomic E-state index is 0.308. The summed E-state index contributed by atoms with van der Waals surface area (Å²) < 4.78 is 26.4. The van der Waals surface area contributed by atoms with E-state index in [-0.39, 0.29) is 5.82 Å². The fourth-order valence-electron chi connectivity index (χ4n) is 3.01. The van der Waals surface area contributed by atoms with E-state index in [1.54, 1.807) is 20.3 Å². The van der Waals surface area contributed by atoms with Crippen LogP contribution in [0.15, 0.2) is 54.6 Å². The van der Waals surface area contributed by atoms with Gasteiger partial charge in [-0.25, -0.2) is 9.07 Å². The highest BCUT2D eigenvalue weighted by Crippen LogP contribution is 2.38. The average Bonchev–Trinajstić information content (AvgIpc) is 3.00. The molecule has 0 N–H and O–H groups in total. The van der Waals surface area contributed by atoms with Crippen LogP contribution >= 0.6 is 0 Å². The van der Waals surface area contributed by atoms with E-state index in [2.05, 4.69) is 5.10 Å². The summed E-state index contributed by atoms with van der Waals surface area (Å²) in [4.78, 5) is 0. The SMILES string of the molecule is COc1cc2c(OC)nn(-c3ccccc3)c2c2ccc(F)cc12. The zero-order chi connectivity index (χ0) is 16.7. The minimum Gasteiger partial charge on any atom is -0.496 e. The molecule has 0 radical (unpaired) electrons. The molecule has 0 aliphatic heterocycles. The van der Waals surface area contributed by atoms with E-state index in [1.165, 1.54) is 12.1 Å². The lowest BCUT2D eigenvalue weighted by molar-refractivity contribution is 0.397. The van der Waals surface area contributed by atoms with Crippen LogP contribution in [0.5, 0.6) is 11.6 Å². The molecule has 5 heteroatoms. The molecule has 4 aromatic rings. The summed E-state index contributed by atoms with van der Waals surface area (Å²) >= 11 is 0. The van der Waals surface area contributed by atoms with Gasteiger partial charge in [0.2, 0.25) is 5.88 Å². The van der Waals surface area contributed by atoms with Crippen molar-refractivity contribution < 1.29 is 13.9 Å². The zero-order valence-corrected chi connectivity index (χ0v) is 13.3. The van der Waals surface area contributed by atoms with Crippen molar-refractivity contribution in [3.05, 3.63) is 60.4 Å². The van der Waals surface area contributed by atoms with E-state index in [0.717, 1.165) is 22.0 Å². The summed E-state index contributed by atoms with van der Waals surface area (Å²) in [7, 11) is 3.15. The number of hydrogen-bond acceptors (Lipinski definition) is 3. The molecule has 24 heavy (non-hydrogen) atoms. The molecule has 3 aromatic carbocycles. The first-order valence-electron chi connectivity index (χ1n) is 7.51. The Kier molecular flexibility index (Phi) is 3.34. The van der Waals surface area contributed by atoms with Gasteiger partial charge in [-0.1, -0.05) is 18.2 Å². The summed E-state index contributed by atoms with van der Waals surface area (Å²) in [6, 6.07) is 16.3. The van der Waals surface area contributed by atoms with E-state index in [0.29, 0.717) is 17.0 Å². The van der Waals surface area contributed by atoms with E-state index in [1.807, 2.05) is 41.1 Å². The highest BCUT2D eigenvalue weighted by molar-refractivity contribution is 6.10. The third-order valence-electron chi connectivity index (χ3n) is 4.08. The number of nitrogens with zero attached hydrogens (tertiary/aromatic N) is 2. The number of hydrogen-bond donors (Lipinski definition) is 0. The van der Waals surface area contributed by atoms with Crippen LogP contribution in [0.3, 0.4) is 0 Å². The second-order valence-electron chi connectivity index (χ2n) is 5.42. The Balaban J connectivity index is 2.19.